The highest BCUT2D eigenvalue weighted by molar-refractivity contribution is 7.08. The van der Waals surface area contributed by atoms with E-state index in [0.717, 1.165) is 6.20 Å². The third-order valence-electron chi connectivity index (χ3n) is 2.46. The monoisotopic (exact) mass is 292 g/mol. The second-order valence-corrected chi connectivity index (χ2v) is 4.62. The van der Waals surface area contributed by atoms with E-state index >= 15 is 0 Å². The molecule has 0 saturated carbocycles. The van der Waals surface area contributed by atoms with Crippen molar-refractivity contribution < 1.29 is 9.72 Å². The van der Waals surface area contributed by atoms with Gasteiger partial charge in [0.05, 0.1) is 10.6 Å². The van der Waals surface area contributed by atoms with Crippen LogP contribution in [0.4, 0.5) is 17.2 Å². The van der Waals surface area contributed by atoms with Crippen LogP contribution >= 0.6 is 11.3 Å². The number of carbonyl (C=O) groups excluding carboxylic acids is 1. The number of thiophene rings is 1. The standard InChI is InChI=1S/C12H12N4O3S/c1-2-13-11-5-9(10(6-14-11)16(18)19)12(17)15-8-3-4-20-7-8/h3-7H,2H2,1H3,(H,13,14)(H,15,17). The molecule has 0 saturated heterocycles. The molecule has 8 heteroatoms. The van der Waals surface area contributed by atoms with E-state index in [1.165, 1.54) is 17.4 Å². The lowest BCUT2D eigenvalue weighted by molar-refractivity contribution is -0.385. The Morgan fingerprint density at radius 1 is 1.55 bits per heavy atom. The topological polar surface area (TPSA) is 97.2 Å². The molecule has 2 heterocycles. The number of hydrogen-bond acceptors (Lipinski definition) is 6. The van der Waals surface area contributed by atoms with Crippen molar-refractivity contribution in [3.8, 4) is 0 Å². The Morgan fingerprint density at radius 3 is 2.95 bits per heavy atom. The number of amides is 1. The molecule has 0 unspecified atom stereocenters. The van der Waals surface area contributed by atoms with Crippen molar-refractivity contribution in [1.82, 2.24) is 4.98 Å². The minimum Gasteiger partial charge on any atom is -0.370 e. The van der Waals surface area contributed by atoms with Gasteiger partial charge in [0, 0.05) is 18.0 Å². The summed E-state index contributed by atoms with van der Waals surface area (Å²) in [6.45, 7) is 2.48. The predicted octanol–water partition coefficient (Wildman–Crippen LogP) is 2.74. The van der Waals surface area contributed by atoms with Crippen molar-refractivity contribution in [3.63, 3.8) is 0 Å². The lowest BCUT2D eigenvalue weighted by Crippen LogP contribution is -2.14. The number of hydrogen-bond donors (Lipinski definition) is 2. The Balaban J connectivity index is 2.33. The summed E-state index contributed by atoms with van der Waals surface area (Å²) in [5.41, 5.74) is 0.266. The molecule has 2 aromatic rings. The molecular formula is C12H12N4O3S. The molecule has 7 nitrogen and oxygen atoms in total. The highest BCUT2D eigenvalue weighted by Crippen LogP contribution is 2.22. The van der Waals surface area contributed by atoms with E-state index in [4.69, 9.17) is 0 Å². The quantitative estimate of drug-likeness (QED) is 0.652. The number of rotatable bonds is 5. The second kappa shape index (κ2) is 6.11. The van der Waals surface area contributed by atoms with Crippen LogP contribution in [-0.2, 0) is 0 Å². The fourth-order valence-electron chi connectivity index (χ4n) is 1.59. The highest BCUT2D eigenvalue weighted by Gasteiger charge is 2.21. The lowest BCUT2D eigenvalue weighted by Gasteiger charge is -2.07. The van der Waals surface area contributed by atoms with Gasteiger partial charge in [0.25, 0.3) is 11.6 Å². The summed E-state index contributed by atoms with van der Waals surface area (Å²) in [4.78, 5) is 26.4. The largest absolute Gasteiger partial charge is 0.370 e. The van der Waals surface area contributed by atoms with Gasteiger partial charge in [-0.3, -0.25) is 14.9 Å². The van der Waals surface area contributed by atoms with Gasteiger partial charge in [0.15, 0.2) is 0 Å². The van der Waals surface area contributed by atoms with Gasteiger partial charge >= 0.3 is 0 Å². The van der Waals surface area contributed by atoms with Gasteiger partial charge in [0.2, 0.25) is 0 Å². The van der Waals surface area contributed by atoms with E-state index in [1.54, 1.807) is 16.8 Å². The van der Waals surface area contributed by atoms with Gasteiger partial charge < -0.3 is 10.6 Å². The first kappa shape index (κ1) is 13.9. The predicted molar refractivity (Wildman–Crippen MR) is 77.3 cm³/mol. The molecule has 1 amide bonds. The molecule has 0 bridgehead atoms. The van der Waals surface area contributed by atoms with Crippen molar-refractivity contribution in [2.75, 3.05) is 17.2 Å². The molecule has 0 atom stereocenters. The van der Waals surface area contributed by atoms with Crippen molar-refractivity contribution in [1.29, 1.82) is 0 Å². The van der Waals surface area contributed by atoms with Gasteiger partial charge in [0.1, 0.15) is 17.6 Å². The summed E-state index contributed by atoms with van der Waals surface area (Å²) >= 11 is 1.43. The van der Waals surface area contributed by atoms with Crippen LogP contribution in [0.15, 0.2) is 29.1 Å². The van der Waals surface area contributed by atoms with Crippen LogP contribution in [0.3, 0.4) is 0 Å². The number of nitro groups is 1. The van der Waals surface area contributed by atoms with Gasteiger partial charge in [-0.25, -0.2) is 4.98 Å². The fraction of sp³-hybridized carbons (Fsp3) is 0.167. The van der Waals surface area contributed by atoms with E-state index in [0.29, 0.717) is 18.1 Å². The Labute approximate surface area is 118 Å². The Morgan fingerprint density at radius 2 is 2.35 bits per heavy atom. The van der Waals surface area contributed by atoms with E-state index < -0.39 is 10.8 Å². The fourth-order valence-corrected chi connectivity index (χ4v) is 2.18. The summed E-state index contributed by atoms with van der Waals surface area (Å²) in [7, 11) is 0. The molecule has 0 fully saturated rings. The summed E-state index contributed by atoms with van der Waals surface area (Å²) in [5, 5.41) is 20.0. The van der Waals surface area contributed by atoms with Crippen molar-refractivity contribution in [2.45, 2.75) is 6.92 Å². The maximum Gasteiger partial charge on any atom is 0.300 e. The smallest absolute Gasteiger partial charge is 0.300 e. The number of nitrogens with zero attached hydrogens (tertiary/aromatic N) is 2. The molecule has 2 rings (SSSR count). The Kier molecular flexibility index (Phi) is 4.26. The van der Waals surface area contributed by atoms with Gasteiger partial charge in [-0.15, -0.1) is 0 Å². The van der Waals surface area contributed by atoms with Crippen LogP contribution in [0.2, 0.25) is 0 Å². The van der Waals surface area contributed by atoms with Crippen LogP contribution < -0.4 is 10.6 Å². The molecule has 0 aliphatic heterocycles. The molecule has 0 aliphatic rings. The first-order valence-corrected chi connectivity index (χ1v) is 6.78. The summed E-state index contributed by atoms with van der Waals surface area (Å²) in [5.74, 6) is -0.106. The zero-order valence-electron chi connectivity index (χ0n) is 10.6. The second-order valence-electron chi connectivity index (χ2n) is 3.84. The van der Waals surface area contributed by atoms with Gasteiger partial charge in [-0.1, -0.05) is 0 Å². The first-order valence-electron chi connectivity index (χ1n) is 5.83. The van der Waals surface area contributed by atoms with Gasteiger partial charge in [-0.05, 0) is 18.4 Å². The average molecular weight is 292 g/mol. The van der Waals surface area contributed by atoms with E-state index in [-0.39, 0.29) is 11.3 Å². The zero-order valence-corrected chi connectivity index (χ0v) is 11.4. The van der Waals surface area contributed by atoms with Crippen molar-refractivity contribution >= 4 is 34.4 Å². The molecule has 2 N–H and O–H groups in total. The normalized spacial score (nSPS) is 10.1. The number of anilines is 2. The van der Waals surface area contributed by atoms with Crippen LogP contribution in [0.5, 0.6) is 0 Å². The maximum absolute atomic E-state index is 12.1. The van der Waals surface area contributed by atoms with E-state index in [9.17, 15) is 14.9 Å². The number of carbonyl (C=O) groups is 1. The molecular weight excluding hydrogens is 280 g/mol. The van der Waals surface area contributed by atoms with Crippen LogP contribution in [0, 0.1) is 10.1 Å². The molecule has 2 aromatic heterocycles. The SMILES string of the molecule is CCNc1cc(C(=O)Nc2ccsc2)c([N+](=O)[O-])cn1. The molecule has 0 aliphatic carbocycles. The zero-order chi connectivity index (χ0) is 14.5. The average Bonchev–Trinajstić information content (AvgIpc) is 2.91. The number of pyridine rings is 1. The minimum absolute atomic E-state index is 0.0212. The van der Waals surface area contributed by atoms with Crippen LogP contribution in [-0.4, -0.2) is 22.4 Å². The van der Waals surface area contributed by atoms with Crippen molar-refractivity contribution in [2.24, 2.45) is 0 Å². The third-order valence-corrected chi connectivity index (χ3v) is 3.14. The van der Waals surface area contributed by atoms with E-state index in [1.807, 2.05) is 6.92 Å². The summed E-state index contributed by atoms with van der Waals surface area (Å²) < 4.78 is 0. The number of nitrogens with one attached hydrogen (secondary N) is 2. The van der Waals surface area contributed by atoms with Crippen LogP contribution in [0.1, 0.15) is 17.3 Å². The van der Waals surface area contributed by atoms with Gasteiger partial charge in [-0.2, -0.15) is 11.3 Å². The first-order chi connectivity index (χ1) is 9.61. The maximum atomic E-state index is 12.1. The third kappa shape index (κ3) is 3.09. The minimum atomic E-state index is -0.620. The molecule has 104 valence electrons. The molecule has 20 heavy (non-hydrogen) atoms. The highest BCUT2D eigenvalue weighted by atomic mass is 32.1. The summed E-state index contributed by atoms with van der Waals surface area (Å²) in [6, 6.07) is 3.10. The van der Waals surface area contributed by atoms with E-state index in [2.05, 4.69) is 15.6 Å². The van der Waals surface area contributed by atoms with Crippen LogP contribution in [0.25, 0.3) is 0 Å². The Hall–Kier alpha value is -2.48. The summed E-state index contributed by atoms with van der Waals surface area (Å²) in [6.07, 6.45) is 1.08. The molecule has 0 aromatic carbocycles. The molecule has 0 spiro atoms. The lowest BCUT2D eigenvalue weighted by atomic mass is 10.2. The number of aromatic nitrogens is 1. The molecule has 0 radical (unpaired) electrons. The Bertz CT molecular complexity index is 628. The van der Waals surface area contributed by atoms with Crippen molar-refractivity contribution in [3.05, 3.63) is 44.8 Å².